The summed E-state index contributed by atoms with van der Waals surface area (Å²) in [6.45, 7) is 1.99. The number of hydrogen-bond donors (Lipinski definition) is 2. The van der Waals surface area contributed by atoms with Gasteiger partial charge in [-0.05, 0) is 36.8 Å². The summed E-state index contributed by atoms with van der Waals surface area (Å²) < 4.78 is 5.64. The Morgan fingerprint density at radius 3 is 2.92 bits per heavy atom. The van der Waals surface area contributed by atoms with E-state index in [2.05, 4.69) is 10.6 Å². The Balaban J connectivity index is 1.67. The maximum absolute atomic E-state index is 12.3. The normalized spacial score (nSPS) is 16.4. The summed E-state index contributed by atoms with van der Waals surface area (Å²) in [4.78, 5) is 24.6. The summed E-state index contributed by atoms with van der Waals surface area (Å²) >= 11 is 6.05. The van der Waals surface area contributed by atoms with Gasteiger partial charge < -0.3 is 15.4 Å². The number of para-hydroxylation sites is 2. The molecule has 5 nitrogen and oxygen atoms in total. The van der Waals surface area contributed by atoms with Crippen LogP contribution in [0.4, 0.5) is 11.4 Å². The molecule has 0 unspecified atom stereocenters. The van der Waals surface area contributed by atoms with Crippen LogP contribution in [0.5, 0.6) is 5.75 Å². The van der Waals surface area contributed by atoms with Crippen molar-refractivity contribution in [3.63, 3.8) is 0 Å². The molecular weight excluding hydrogens is 328 g/mol. The molecule has 6 heteroatoms. The van der Waals surface area contributed by atoms with E-state index in [0.717, 1.165) is 5.56 Å². The first-order valence-corrected chi connectivity index (χ1v) is 8.00. The van der Waals surface area contributed by atoms with Gasteiger partial charge in [0.2, 0.25) is 11.8 Å². The molecule has 24 heavy (non-hydrogen) atoms. The first-order chi connectivity index (χ1) is 11.5. The Labute approximate surface area is 145 Å². The topological polar surface area (TPSA) is 67.4 Å². The fourth-order valence-electron chi connectivity index (χ4n) is 2.52. The van der Waals surface area contributed by atoms with Crippen molar-refractivity contribution < 1.29 is 14.3 Å². The maximum Gasteiger partial charge on any atom is 0.231 e. The van der Waals surface area contributed by atoms with E-state index in [1.807, 2.05) is 19.1 Å². The smallest absolute Gasteiger partial charge is 0.231 e. The van der Waals surface area contributed by atoms with Gasteiger partial charge in [-0.3, -0.25) is 9.59 Å². The maximum atomic E-state index is 12.3. The fraction of sp³-hybridized carbons (Fsp3) is 0.222. The minimum atomic E-state index is -0.558. The van der Waals surface area contributed by atoms with Gasteiger partial charge in [-0.15, -0.1) is 0 Å². The van der Waals surface area contributed by atoms with Crippen molar-refractivity contribution in [2.24, 2.45) is 5.92 Å². The molecule has 0 aliphatic carbocycles. The highest BCUT2D eigenvalue weighted by molar-refractivity contribution is 6.31. The predicted molar refractivity (Wildman–Crippen MR) is 93.5 cm³/mol. The number of carbonyl (C=O) groups excluding carboxylic acids is 2. The van der Waals surface area contributed by atoms with Crippen LogP contribution in [-0.2, 0) is 9.59 Å². The molecular formula is C18H17ClN2O3. The molecule has 0 saturated heterocycles. The lowest BCUT2D eigenvalue weighted by Gasteiger charge is -2.14. The van der Waals surface area contributed by atoms with Crippen LogP contribution in [0, 0.1) is 12.8 Å². The molecule has 2 aromatic rings. The number of anilines is 2. The highest BCUT2D eigenvalue weighted by atomic mass is 35.5. The first kappa shape index (κ1) is 16.3. The van der Waals surface area contributed by atoms with Gasteiger partial charge >= 0.3 is 0 Å². The summed E-state index contributed by atoms with van der Waals surface area (Å²) in [6, 6.07) is 12.5. The number of ether oxygens (including phenoxy) is 1. The van der Waals surface area contributed by atoms with Crippen molar-refractivity contribution in [3.8, 4) is 5.75 Å². The van der Waals surface area contributed by atoms with Crippen molar-refractivity contribution in [1.82, 2.24) is 0 Å². The van der Waals surface area contributed by atoms with Gasteiger partial charge in [0.05, 0.1) is 11.6 Å². The minimum Gasteiger partial charge on any atom is -0.491 e. The number of fused-ring (bicyclic) bond motifs is 1. The lowest BCUT2D eigenvalue weighted by molar-refractivity contribution is -0.125. The number of carbonyl (C=O) groups is 2. The lowest BCUT2D eigenvalue weighted by atomic mass is 10.0. The summed E-state index contributed by atoms with van der Waals surface area (Å²) in [5.74, 6) is -0.427. The van der Waals surface area contributed by atoms with E-state index >= 15 is 0 Å². The second-order valence-electron chi connectivity index (χ2n) is 5.66. The molecule has 0 aromatic heterocycles. The number of nitrogens with one attached hydrogen (secondary N) is 2. The lowest BCUT2D eigenvalue weighted by Crippen LogP contribution is -2.29. The van der Waals surface area contributed by atoms with Crippen molar-refractivity contribution in [1.29, 1.82) is 0 Å². The van der Waals surface area contributed by atoms with Crippen LogP contribution in [0.1, 0.15) is 12.0 Å². The number of amides is 2. The van der Waals surface area contributed by atoms with Gasteiger partial charge in [-0.25, -0.2) is 0 Å². The van der Waals surface area contributed by atoms with Crippen LogP contribution in [0.25, 0.3) is 0 Å². The number of hydrogen-bond acceptors (Lipinski definition) is 3. The van der Waals surface area contributed by atoms with Crippen molar-refractivity contribution >= 4 is 34.8 Å². The highest BCUT2D eigenvalue weighted by Gasteiger charge is 2.27. The zero-order valence-electron chi connectivity index (χ0n) is 13.1. The number of rotatable bonds is 3. The van der Waals surface area contributed by atoms with E-state index < -0.39 is 5.92 Å². The number of benzene rings is 2. The Morgan fingerprint density at radius 1 is 1.29 bits per heavy atom. The van der Waals surface area contributed by atoms with Gasteiger partial charge in [0.15, 0.2) is 0 Å². The van der Waals surface area contributed by atoms with E-state index in [-0.39, 0.29) is 24.8 Å². The molecule has 2 N–H and O–H groups in total. The average Bonchev–Trinajstić information content (AvgIpc) is 2.71. The van der Waals surface area contributed by atoms with Crippen LogP contribution in [0.2, 0.25) is 5.02 Å². The van der Waals surface area contributed by atoms with Crippen LogP contribution in [0.15, 0.2) is 42.5 Å². The first-order valence-electron chi connectivity index (χ1n) is 7.62. The molecule has 0 saturated carbocycles. The Bertz CT molecular complexity index is 792. The number of halogens is 1. The Kier molecular flexibility index (Phi) is 4.71. The van der Waals surface area contributed by atoms with E-state index in [9.17, 15) is 9.59 Å². The van der Waals surface area contributed by atoms with E-state index in [1.165, 1.54) is 0 Å². The minimum absolute atomic E-state index is 0.0335. The van der Waals surface area contributed by atoms with Crippen molar-refractivity contribution in [2.45, 2.75) is 13.3 Å². The largest absolute Gasteiger partial charge is 0.491 e. The molecule has 1 aliphatic rings. The van der Waals surface area contributed by atoms with Gasteiger partial charge in [0.25, 0.3) is 0 Å². The molecule has 3 rings (SSSR count). The summed E-state index contributed by atoms with van der Waals surface area (Å²) in [5.41, 5.74) is 2.06. The molecule has 2 aromatic carbocycles. The molecule has 0 radical (unpaired) electrons. The van der Waals surface area contributed by atoms with Gasteiger partial charge in [0, 0.05) is 17.1 Å². The molecule has 2 amide bonds. The van der Waals surface area contributed by atoms with Crippen molar-refractivity contribution in [2.75, 3.05) is 17.2 Å². The molecule has 0 spiro atoms. The summed E-state index contributed by atoms with van der Waals surface area (Å²) in [5, 5.41) is 6.18. The second kappa shape index (κ2) is 6.93. The third-order valence-corrected chi connectivity index (χ3v) is 4.34. The Hall–Kier alpha value is -2.53. The summed E-state index contributed by atoms with van der Waals surface area (Å²) in [7, 11) is 0. The van der Waals surface area contributed by atoms with E-state index in [4.69, 9.17) is 16.3 Å². The molecule has 0 bridgehead atoms. The van der Waals surface area contributed by atoms with Gasteiger partial charge in [-0.2, -0.15) is 0 Å². The fourth-order valence-corrected chi connectivity index (χ4v) is 2.69. The Morgan fingerprint density at radius 2 is 2.08 bits per heavy atom. The molecule has 1 heterocycles. The van der Waals surface area contributed by atoms with Gasteiger partial charge in [0.1, 0.15) is 12.4 Å². The molecule has 1 atom stereocenters. The molecule has 124 valence electrons. The molecule has 1 aliphatic heterocycles. The van der Waals surface area contributed by atoms with Crippen molar-refractivity contribution in [3.05, 3.63) is 53.1 Å². The zero-order chi connectivity index (χ0) is 17.1. The quantitative estimate of drug-likeness (QED) is 0.893. The average molecular weight is 345 g/mol. The SMILES string of the molecule is Cc1c(Cl)cccc1NC(=O)C[C@@H]1COc2ccccc2NC1=O. The van der Waals surface area contributed by atoms with E-state index in [1.54, 1.807) is 30.3 Å². The summed E-state index contributed by atoms with van der Waals surface area (Å²) in [6.07, 6.45) is 0.0335. The van der Waals surface area contributed by atoms with Crippen LogP contribution in [-0.4, -0.2) is 18.4 Å². The third-order valence-electron chi connectivity index (χ3n) is 3.93. The highest BCUT2D eigenvalue weighted by Crippen LogP contribution is 2.28. The van der Waals surface area contributed by atoms with Crippen LogP contribution < -0.4 is 15.4 Å². The third kappa shape index (κ3) is 3.51. The van der Waals surface area contributed by atoms with E-state index in [0.29, 0.717) is 22.1 Å². The predicted octanol–water partition coefficient (Wildman–Crippen LogP) is 3.62. The monoisotopic (exact) mass is 344 g/mol. The second-order valence-corrected chi connectivity index (χ2v) is 6.07. The zero-order valence-corrected chi connectivity index (χ0v) is 13.9. The molecule has 0 fully saturated rings. The van der Waals surface area contributed by atoms with Gasteiger partial charge in [-0.1, -0.05) is 29.8 Å². The standard InChI is InChI=1S/C18H17ClN2O3/c1-11-13(19)5-4-7-14(11)20-17(22)9-12-10-24-16-8-3-2-6-15(16)21-18(12)23/h2-8,12H,9-10H2,1H3,(H,20,22)(H,21,23)/t12-/m1/s1. The van der Waals surface area contributed by atoms with Crippen LogP contribution >= 0.6 is 11.6 Å². The van der Waals surface area contributed by atoms with Crippen LogP contribution in [0.3, 0.4) is 0 Å².